The number of esters is 1. The largest absolute Gasteiger partial charge is 0.489 e. The van der Waals surface area contributed by atoms with Crippen LogP contribution >= 0.6 is 0 Å². The Labute approximate surface area is 329 Å². The van der Waals surface area contributed by atoms with Crippen LogP contribution < -0.4 is 10.1 Å². The molecule has 3 rings (SSSR count). The number of carbonyl (C=O) groups excluding carboxylic acids is 3. The number of hydrogen-bond acceptors (Lipinski definition) is 7. The van der Waals surface area contributed by atoms with Crippen molar-refractivity contribution in [3.05, 3.63) is 114 Å². The molecule has 0 aliphatic rings. The minimum absolute atomic E-state index is 0.171. The number of amides is 1. The fourth-order valence-corrected chi connectivity index (χ4v) is 4.10. The number of rotatable bonds is 16. The molecule has 0 spiro atoms. The highest BCUT2D eigenvalue weighted by Crippen LogP contribution is 2.25. The maximum absolute atomic E-state index is 12.0. The predicted octanol–water partition coefficient (Wildman–Crippen LogP) is 11.0. The SMILES string of the molecule is C=CC.CC.CC.CCCC(=O)N[C@@H](C=O)CC(=O)OC(C)(C)c1ccccc1.COCCC(C)C.COCc1ccc(OCc2ccc(C)cc2)cc1. The number of allylic oxidation sites excluding steroid dienone is 1. The molecular formula is C46H73NO7. The number of ether oxygens (including phenoxy) is 4. The summed E-state index contributed by atoms with van der Waals surface area (Å²) in [5.41, 5.74) is 3.67. The Kier molecular flexibility index (Phi) is 35.8. The van der Waals surface area contributed by atoms with Gasteiger partial charge >= 0.3 is 5.97 Å². The van der Waals surface area contributed by atoms with Gasteiger partial charge in [0.2, 0.25) is 5.91 Å². The van der Waals surface area contributed by atoms with Gasteiger partial charge in [-0.3, -0.25) is 9.59 Å². The molecule has 0 fully saturated rings. The van der Waals surface area contributed by atoms with E-state index < -0.39 is 17.6 Å². The number of methoxy groups -OCH3 is 2. The molecule has 0 saturated carbocycles. The van der Waals surface area contributed by atoms with Crippen LogP contribution in [0.1, 0.15) is 117 Å². The molecule has 0 bridgehead atoms. The van der Waals surface area contributed by atoms with E-state index >= 15 is 0 Å². The fourth-order valence-electron chi connectivity index (χ4n) is 4.10. The summed E-state index contributed by atoms with van der Waals surface area (Å²) in [4.78, 5) is 34.5. The molecule has 54 heavy (non-hydrogen) atoms. The average molecular weight is 752 g/mol. The first-order valence-electron chi connectivity index (χ1n) is 19.2. The Morgan fingerprint density at radius 2 is 1.35 bits per heavy atom. The molecule has 8 nitrogen and oxygen atoms in total. The second-order valence-corrected chi connectivity index (χ2v) is 12.5. The lowest BCUT2D eigenvalue weighted by Crippen LogP contribution is -2.39. The lowest BCUT2D eigenvalue weighted by molar-refractivity contribution is -0.158. The van der Waals surface area contributed by atoms with Crippen molar-refractivity contribution in [3.63, 3.8) is 0 Å². The molecule has 0 aliphatic carbocycles. The molecule has 0 unspecified atom stereocenters. The van der Waals surface area contributed by atoms with Crippen LogP contribution in [0.2, 0.25) is 0 Å². The average Bonchev–Trinajstić information content (AvgIpc) is 3.17. The smallest absolute Gasteiger partial charge is 0.309 e. The van der Waals surface area contributed by atoms with Crippen LogP contribution in [0.4, 0.5) is 0 Å². The Hall–Kier alpha value is -4.27. The zero-order valence-corrected chi connectivity index (χ0v) is 35.8. The second kappa shape index (κ2) is 35.7. The van der Waals surface area contributed by atoms with E-state index in [2.05, 4.69) is 56.9 Å². The second-order valence-electron chi connectivity index (χ2n) is 12.5. The van der Waals surface area contributed by atoms with Crippen LogP contribution in [0.5, 0.6) is 5.75 Å². The van der Waals surface area contributed by atoms with E-state index in [0.29, 0.717) is 32.3 Å². The van der Waals surface area contributed by atoms with Crippen LogP contribution in [0, 0.1) is 12.8 Å². The van der Waals surface area contributed by atoms with Gasteiger partial charge < -0.3 is 29.1 Å². The maximum Gasteiger partial charge on any atom is 0.309 e. The highest BCUT2D eigenvalue weighted by Gasteiger charge is 2.27. The molecule has 0 aliphatic heterocycles. The van der Waals surface area contributed by atoms with Gasteiger partial charge in [-0.2, -0.15) is 0 Å². The Morgan fingerprint density at radius 3 is 1.80 bits per heavy atom. The summed E-state index contributed by atoms with van der Waals surface area (Å²) in [7, 11) is 3.43. The van der Waals surface area contributed by atoms with E-state index in [0.717, 1.165) is 29.4 Å². The quantitative estimate of drug-likeness (QED) is 0.0883. The minimum Gasteiger partial charge on any atom is -0.489 e. The fraction of sp³-hybridized carbons (Fsp3) is 0.500. The van der Waals surface area contributed by atoms with Crippen molar-refractivity contribution in [3.8, 4) is 5.75 Å². The van der Waals surface area contributed by atoms with E-state index in [4.69, 9.17) is 18.9 Å². The first-order chi connectivity index (χ1) is 25.8. The maximum atomic E-state index is 12.0. The van der Waals surface area contributed by atoms with Gasteiger partial charge in [0.15, 0.2) is 0 Å². The molecule has 3 aromatic carbocycles. The minimum atomic E-state index is -0.849. The van der Waals surface area contributed by atoms with Crippen LogP contribution in [0.3, 0.4) is 0 Å². The third kappa shape index (κ3) is 29.2. The summed E-state index contributed by atoms with van der Waals surface area (Å²) in [6.07, 6.45) is 4.33. The highest BCUT2D eigenvalue weighted by atomic mass is 16.6. The van der Waals surface area contributed by atoms with Crippen molar-refractivity contribution in [2.75, 3.05) is 20.8 Å². The van der Waals surface area contributed by atoms with Gasteiger partial charge in [0.25, 0.3) is 0 Å². The number of aryl methyl sites for hydroxylation is 1. The highest BCUT2D eigenvalue weighted by molar-refractivity contribution is 5.82. The summed E-state index contributed by atoms with van der Waals surface area (Å²) in [5.74, 6) is 0.896. The molecule has 8 heteroatoms. The van der Waals surface area contributed by atoms with Crippen LogP contribution in [-0.4, -0.2) is 45.0 Å². The van der Waals surface area contributed by atoms with E-state index in [9.17, 15) is 14.4 Å². The van der Waals surface area contributed by atoms with Crippen LogP contribution in [-0.2, 0) is 47.4 Å². The van der Waals surface area contributed by atoms with E-state index in [-0.39, 0.29) is 12.3 Å². The monoisotopic (exact) mass is 752 g/mol. The molecule has 304 valence electrons. The predicted molar refractivity (Wildman–Crippen MR) is 226 cm³/mol. The lowest BCUT2D eigenvalue weighted by Gasteiger charge is -2.26. The van der Waals surface area contributed by atoms with Crippen molar-refractivity contribution < 1.29 is 33.3 Å². The normalized spacial score (nSPS) is 10.3. The Bertz CT molecular complexity index is 1320. The molecular weight excluding hydrogens is 679 g/mol. The summed E-state index contributed by atoms with van der Waals surface area (Å²) >= 11 is 0. The first-order valence-corrected chi connectivity index (χ1v) is 19.2. The molecule has 0 radical (unpaired) electrons. The standard InChI is InChI=1S/C17H23NO4.C16H18O2.C6H14O.C3H6.2C2H6/c1-4-8-15(20)18-14(12-19)11-16(21)22-17(2,3)13-9-6-5-7-10-13;1-13-3-5-15(6-4-13)12-18-16-9-7-14(8-10-16)11-17-2;1-6(2)4-5-7-3;1-3-2;2*1-2/h5-7,9-10,12,14H,4,8,11H2,1-3H3,(H,18,20);3-10H,11-12H2,1-2H3;6H,4-5H2,1-3H3;3H,1H2,2H3;2*1-2H3/t14-;;;;;/m1...../s1. The van der Waals surface area contributed by atoms with E-state index in [1.165, 1.54) is 17.5 Å². The van der Waals surface area contributed by atoms with E-state index in [1.807, 2.05) is 96.1 Å². The zero-order chi connectivity index (χ0) is 41.8. The topological polar surface area (TPSA) is 100 Å². The van der Waals surface area contributed by atoms with Gasteiger partial charge in [-0.15, -0.1) is 6.58 Å². The van der Waals surface area contributed by atoms with Crippen molar-refractivity contribution in [1.82, 2.24) is 5.32 Å². The summed E-state index contributed by atoms with van der Waals surface area (Å²) in [6, 6.07) is 24.9. The zero-order valence-electron chi connectivity index (χ0n) is 35.8. The van der Waals surface area contributed by atoms with Gasteiger partial charge in [0, 0.05) is 27.2 Å². The number of nitrogens with one attached hydrogen (secondary N) is 1. The van der Waals surface area contributed by atoms with Gasteiger partial charge in [-0.1, -0.05) is 127 Å². The van der Waals surface area contributed by atoms with Gasteiger partial charge in [0.1, 0.15) is 24.2 Å². The third-order valence-corrected chi connectivity index (χ3v) is 6.87. The van der Waals surface area contributed by atoms with Crippen molar-refractivity contribution in [2.45, 2.75) is 127 Å². The Balaban J connectivity index is -0.000000725. The number of aldehydes is 1. The molecule has 3 aromatic rings. The molecule has 0 heterocycles. The molecule has 0 aromatic heterocycles. The molecule has 1 atom stereocenters. The number of hydrogen-bond donors (Lipinski definition) is 1. The van der Waals surface area contributed by atoms with Gasteiger partial charge in [-0.05, 0) is 75.3 Å². The molecule has 1 N–H and O–H groups in total. The number of benzene rings is 3. The van der Waals surface area contributed by atoms with Crippen LogP contribution in [0.25, 0.3) is 0 Å². The van der Waals surface area contributed by atoms with Crippen molar-refractivity contribution in [1.29, 1.82) is 0 Å². The third-order valence-electron chi connectivity index (χ3n) is 6.87. The number of carbonyl (C=O) groups is 3. The Morgan fingerprint density at radius 1 is 0.833 bits per heavy atom. The summed E-state index contributed by atoms with van der Waals surface area (Å²) in [6.45, 7) is 27.3. The molecule has 1 amide bonds. The van der Waals surface area contributed by atoms with E-state index in [1.54, 1.807) is 34.1 Å². The lowest BCUT2D eigenvalue weighted by atomic mass is 9.98. The molecule has 0 saturated heterocycles. The van der Waals surface area contributed by atoms with Gasteiger partial charge in [0.05, 0.1) is 19.1 Å². The summed E-state index contributed by atoms with van der Waals surface area (Å²) in [5, 5.41) is 2.52. The van der Waals surface area contributed by atoms with Crippen molar-refractivity contribution >= 4 is 18.2 Å². The first kappa shape index (κ1) is 54.1. The van der Waals surface area contributed by atoms with Gasteiger partial charge in [-0.25, -0.2) is 0 Å². The summed E-state index contributed by atoms with van der Waals surface area (Å²) < 4.78 is 21.1. The van der Waals surface area contributed by atoms with Crippen LogP contribution in [0.15, 0.2) is 91.5 Å². The van der Waals surface area contributed by atoms with Crippen molar-refractivity contribution in [2.24, 2.45) is 5.92 Å².